The highest BCUT2D eigenvalue weighted by atomic mass is 32.2. The van der Waals surface area contributed by atoms with E-state index in [1.807, 2.05) is 0 Å². The average Bonchev–Trinajstić information content (AvgIpc) is 3.11. The molecule has 1 saturated heterocycles. The van der Waals surface area contributed by atoms with E-state index in [9.17, 15) is 13.2 Å². The summed E-state index contributed by atoms with van der Waals surface area (Å²) >= 11 is 0. The van der Waals surface area contributed by atoms with Crippen molar-refractivity contribution in [2.24, 2.45) is 0 Å². The molecule has 0 aliphatic carbocycles. The minimum Gasteiger partial charge on any atom is -0.485 e. The van der Waals surface area contributed by atoms with Gasteiger partial charge in [0.2, 0.25) is 11.7 Å². The summed E-state index contributed by atoms with van der Waals surface area (Å²) in [4.78, 5) is 16.2. The largest absolute Gasteiger partial charge is 0.485 e. The highest BCUT2D eigenvalue weighted by molar-refractivity contribution is 7.91. The van der Waals surface area contributed by atoms with Gasteiger partial charge in [0.1, 0.15) is 5.75 Å². The van der Waals surface area contributed by atoms with Crippen molar-refractivity contribution in [1.29, 1.82) is 0 Å². The van der Waals surface area contributed by atoms with Gasteiger partial charge in [-0.05, 0) is 30.7 Å². The molecule has 128 valence electrons. The molecular formula is C15H17N3O5S. The zero-order chi connectivity index (χ0) is 17.2. The summed E-state index contributed by atoms with van der Waals surface area (Å²) in [6.45, 7) is 1.86. The number of benzene rings is 1. The first-order valence-corrected chi connectivity index (χ1v) is 9.27. The molecule has 1 amide bonds. The van der Waals surface area contributed by atoms with Crippen LogP contribution in [0.25, 0.3) is 0 Å². The van der Waals surface area contributed by atoms with E-state index in [0.717, 1.165) is 0 Å². The maximum Gasteiger partial charge on any atom is 0.251 e. The van der Waals surface area contributed by atoms with E-state index in [2.05, 4.69) is 15.5 Å². The van der Waals surface area contributed by atoms with Gasteiger partial charge in [-0.15, -0.1) is 0 Å². The third-order valence-electron chi connectivity index (χ3n) is 3.62. The molecule has 0 spiro atoms. The minimum atomic E-state index is -3.02. The van der Waals surface area contributed by atoms with Crippen LogP contribution in [0.15, 0.2) is 28.8 Å². The summed E-state index contributed by atoms with van der Waals surface area (Å²) in [5.41, 5.74) is 0.446. The standard InChI is InChI=1S/C15H17N3O5S/c1-10-16-14(18-23-10)8-22-13-4-2-11(3-5-13)15(19)17-12-6-7-24(20,21)9-12/h2-5,12H,6-9H2,1H3,(H,17,19). The van der Waals surface area contributed by atoms with Crippen molar-refractivity contribution in [3.63, 3.8) is 0 Å². The van der Waals surface area contributed by atoms with E-state index in [1.165, 1.54) is 0 Å². The molecule has 0 saturated carbocycles. The zero-order valence-electron chi connectivity index (χ0n) is 13.1. The van der Waals surface area contributed by atoms with Gasteiger partial charge in [-0.2, -0.15) is 4.98 Å². The Kier molecular flexibility index (Phi) is 4.52. The fourth-order valence-corrected chi connectivity index (χ4v) is 4.10. The number of ether oxygens (including phenoxy) is 1. The number of carbonyl (C=O) groups excluding carboxylic acids is 1. The maximum atomic E-state index is 12.1. The summed E-state index contributed by atoms with van der Waals surface area (Å²) in [5, 5.41) is 6.46. The fraction of sp³-hybridized carbons (Fsp3) is 0.400. The Morgan fingerprint density at radius 2 is 2.12 bits per heavy atom. The first-order valence-electron chi connectivity index (χ1n) is 7.45. The zero-order valence-corrected chi connectivity index (χ0v) is 13.9. The average molecular weight is 351 g/mol. The van der Waals surface area contributed by atoms with E-state index >= 15 is 0 Å². The van der Waals surface area contributed by atoms with Crippen molar-refractivity contribution in [3.8, 4) is 5.75 Å². The molecule has 1 aliphatic heterocycles. The number of nitrogens with zero attached hydrogens (tertiary/aromatic N) is 2. The van der Waals surface area contributed by atoms with Crippen LogP contribution in [0, 0.1) is 6.92 Å². The molecule has 1 aromatic carbocycles. The lowest BCUT2D eigenvalue weighted by Crippen LogP contribution is -2.35. The van der Waals surface area contributed by atoms with Crippen molar-refractivity contribution in [2.75, 3.05) is 11.5 Å². The summed E-state index contributed by atoms with van der Waals surface area (Å²) in [6, 6.07) is 6.24. The van der Waals surface area contributed by atoms with Gasteiger partial charge in [0.15, 0.2) is 16.4 Å². The molecule has 1 aromatic heterocycles. The predicted molar refractivity (Wildman–Crippen MR) is 84.3 cm³/mol. The highest BCUT2D eigenvalue weighted by Gasteiger charge is 2.29. The van der Waals surface area contributed by atoms with Crippen molar-refractivity contribution < 1.29 is 22.5 Å². The van der Waals surface area contributed by atoms with Crippen LogP contribution in [-0.2, 0) is 16.4 Å². The molecule has 8 nitrogen and oxygen atoms in total. The van der Waals surface area contributed by atoms with Crippen LogP contribution in [-0.4, -0.2) is 42.0 Å². The summed E-state index contributed by atoms with van der Waals surface area (Å²) in [5.74, 6) is 1.31. The third kappa shape index (κ3) is 4.10. The van der Waals surface area contributed by atoms with Crippen molar-refractivity contribution in [2.45, 2.75) is 26.0 Å². The smallest absolute Gasteiger partial charge is 0.251 e. The Labute approximate surface area is 139 Å². The Morgan fingerprint density at radius 1 is 1.38 bits per heavy atom. The lowest BCUT2D eigenvalue weighted by Gasteiger charge is -2.11. The maximum absolute atomic E-state index is 12.1. The third-order valence-corrected chi connectivity index (χ3v) is 5.39. The van der Waals surface area contributed by atoms with E-state index in [0.29, 0.717) is 29.4 Å². The van der Waals surface area contributed by atoms with E-state index < -0.39 is 9.84 Å². The number of hydrogen-bond donors (Lipinski definition) is 1. The molecule has 24 heavy (non-hydrogen) atoms. The van der Waals surface area contributed by atoms with Crippen molar-refractivity contribution in [1.82, 2.24) is 15.5 Å². The number of aromatic nitrogens is 2. The Balaban J connectivity index is 1.54. The van der Waals surface area contributed by atoms with Crippen LogP contribution in [0.5, 0.6) is 5.75 Å². The van der Waals surface area contributed by atoms with Gasteiger partial charge in [0.05, 0.1) is 11.5 Å². The number of rotatable bonds is 5. The second kappa shape index (κ2) is 6.60. The van der Waals surface area contributed by atoms with E-state index in [-0.39, 0.29) is 30.1 Å². The van der Waals surface area contributed by atoms with Crippen LogP contribution in [0.3, 0.4) is 0 Å². The van der Waals surface area contributed by atoms with Gasteiger partial charge in [0.25, 0.3) is 5.91 Å². The predicted octanol–water partition coefficient (Wildman–Crippen LogP) is 0.874. The first-order chi connectivity index (χ1) is 11.4. The summed E-state index contributed by atoms with van der Waals surface area (Å²) in [6.07, 6.45) is 0.458. The number of hydrogen-bond acceptors (Lipinski definition) is 7. The quantitative estimate of drug-likeness (QED) is 0.851. The molecule has 3 rings (SSSR count). The van der Waals surface area contributed by atoms with E-state index in [1.54, 1.807) is 31.2 Å². The Hall–Kier alpha value is -2.42. The van der Waals surface area contributed by atoms with Crippen LogP contribution >= 0.6 is 0 Å². The monoisotopic (exact) mass is 351 g/mol. The number of nitrogens with one attached hydrogen (secondary N) is 1. The molecule has 1 unspecified atom stereocenters. The second-order valence-corrected chi connectivity index (χ2v) is 7.84. The lowest BCUT2D eigenvalue weighted by atomic mass is 10.2. The number of amides is 1. The van der Waals surface area contributed by atoms with Crippen molar-refractivity contribution in [3.05, 3.63) is 41.5 Å². The first kappa shape index (κ1) is 16.4. The van der Waals surface area contributed by atoms with Gasteiger partial charge >= 0.3 is 0 Å². The normalized spacial score (nSPS) is 19.1. The number of sulfone groups is 1. The molecule has 1 atom stereocenters. The minimum absolute atomic E-state index is 0.00402. The van der Waals surface area contributed by atoms with Gasteiger partial charge in [-0.3, -0.25) is 4.79 Å². The SMILES string of the molecule is Cc1nc(COc2ccc(C(=O)NC3CCS(=O)(=O)C3)cc2)no1. The van der Waals surface area contributed by atoms with E-state index in [4.69, 9.17) is 9.26 Å². The molecule has 2 aromatic rings. The summed E-state index contributed by atoms with van der Waals surface area (Å²) in [7, 11) is -3.02. The Morgan fingerprint density at radius 3 is 2.71 bits per heavy atom. The fourth-order valence-electron chi connectivity index (χ4n) is 2.43. The molecule has 1 N–H and O–H groups in total. The molecule has 9 heteroatoms. The van der Waals surface area contributed by atoms with Crippen molar-refractivity contribution >= 4 is 15.7 Å². The van der Waals surface area contributed by atoms with Crippen LogP contribution in [0.1, 0.15) is 28.5 Å². The Bertz CT molecular complexity index is 829. The number of carbonyl (C=O) groups is 1. The highest BCUT2D eigenvalue weighted by Crippen LogP contribution is 2.15. The molecule has 1 fully saturated rings. The molecule has 1 aliphatic rings. The number of aryl methyl sites for hydroxylation is 1. The molecule has 2 heterocycles. The van der Waals surface area contributed by atoms with Gasteiger partial charge in [-0.25, -0.2) is 8.42 Å². The topological polar surface area (TPSA) is 111 Å². The van der Waals surface area contributed by atoms with Gasteiger partial charge in [0, 0.05) is 18.5 Å². The molecular weight excluding hydrogens is 334 g/mol. The second-order valence-electron chi connectivity index (χ2n) is 5.62. The van der Waals surface area contributed by atoms with Gasteiger partial charge in [-0.1, -0.05) is 5.16 Å². The molecule has 0 radical (unpaired) electrons. The van der Waals surface area contributed by atoms with Crippen LogP contribution in [0.4, 0.5) is 0 Å². The lowest BCUT2D eigenvalue weighted by molar-refractivity contribution is 0.0941. The van der Waals surface area contributed by atoms with Gasteiger partial charge < -0.3 is 14.6 Å². The molecule has 0 bridgehead atoms. The van der Waals surface area contributed by atoms with Crippen LogP contribution in [0.2, 0.25) is 0 Å². The van der Waals surface area contributed by atoms with Crippen LogP contribution < -0.4 is 10.1 Å². The summed E-state index contributed by atoms with van der Waals surface area (Å²) < 4.78 is 33.2.